The number of nitrogens with two attached hydrogens (primary N) is 1. The van der Waals surface area contributed by atoms with E-state index in [1.54, 1.807) is 0 Å². The van der Waals surface area contributed by atoms with Crippen LogP contribution >= 0.6 is 0 Å². The molecule has 1 aromatic carbocycles. The highest BCUT2D eigenvalue weighted by molar-refractivity contribution is 5.84. The van der Waals surface area contributed by atoms with Crippen molar-refractivity contribution in [2.45, 2.75) is 46.1 Å². The molecule has 2 amide bonds. The Balaban J connectivity index is 1.73. The van der Waals surface area contributed by atoms with Crippen molar-refractivity contribution >= 4 is 11.8 Å². The lowest BCUT2D eigenvalue weighted by Gasteiger charge is -2.42. The van der Waals surface area contributed by atoms with Crippen molar-refractivity contribution < 1.29 is 9.59 Å². The molecule has 1 aliphatic heterocycles. The van der Waals surface area contributed by atoms with E-state index < -0.39 is 0 Å². The summed E-state index contributed by atoms with van der Waals surface area (Å²) in [5.74, 6) is -0.115. The van der Waals surface area contributed by atoms with Crippen LogP contribution in [0.4, 0.5) is 0 Å². The third-order valence-corrected chi connectivity index (χ3v) is 4.86. The second-order valence-corrected chi connectivity index (χ2v) is 7.46. The Kier molecular flexibility index (Phi) is 5.99. The molecule has 0 spiro atoms. The molecule has 0 aromatic heterocycles. The van der Waals surface area contributed by atoms with Crippen molar-refractivity contribution in [1.82, 2.24) is 10.2 Å². The normalized spacial score (nSPS) is 19.8. The van der Waals surface area contributed by atoms with Crippen LogP contribution in [0.3, 0.4) is 0 Å². The van der Waals surface area contributed by atoms with Gasteiger partial charge in [-0.05, 0) is 30.7 Å². The molecule has 5 heteroatoms. The second-order valence-electron chi connectivity index (χ2n) is 7.46. The van der Waals surface area contributed by atoms with Crippen molar-refractivity contribution in [2.75, 3.05) is 19.6 Å². The fraction of sp³-hybridized carbons (Fsp3) is 0.579. The molecule has 1 unspecified atom stereocenters. The van der Waals surface area contributed by atoms with Gasteiger partial charge in [-0.25, -0.2) is 0 Å². The molecule has 1 aromatic rings. The van der Waals surface area contributed by atoms with E-state index in [4.69, 9.17) is 5.73 Å². The van der Waals surface area contributed by atoms with Crippen LogP contribution < -0.4 is 11.1 Å². The largest absolute Gasteiger partial charge is 0.347 e. The predicted molar refractivity (Wildman–Crippen MR) is 95.5 cm³/mol. The van der Waals surface area contributed by atoms with E-state index in [0.717, 1.165) is 12.0 Å². The maximum Gasteiger partial charge on any atom is 0.241 e. The fourth-order valence-corrected chi connectivity index (χ4v) is 2.97. The smallest absolute Gasteiger partial charge is 0.241 e. The average molecular weight is 331 g/mol. The summed E-state index contributed by atoms with van der Waals surface area (Å²) >= 11 is 0. The van der Waals surface area contributed by atoms with Gasteiger partial charge in [0.15, 0.2) is 0 Å². The van der Waals surface area contributed by atoms with Crippen molar-refractivity contribution in [3.63, 3.8) is 0 Å². The standard InChI is InChI=1S/C19H29N3O2/c1-14-4-6-15(7-5-14)8-9-17(23)21-12-18(24)22-11-10-16(20)19(2,3)13-22/h4-7,16H,8-13,20H2,1-3H3,(H,21,23). The molecule has 1 atom stereocenters. The van der Waals surface area contributed by atoms with Crippen LogP contribution in [0.15, 0.2) is 24.3 Å². The zero-order valence-corrected chi connectivity index (χ0v) is 15.0. The van der Waals surface area contributed by atoms with Gasteiger partial charge in [-0.2, -0.15) is 0 Å². The first-order chi connectivity index (χ1) is 11.3. The van der Waals surface area contributed by atoms with Gasteiger partial charge in [0.1, 0.15) is 0 Å². The number of amides is 2. The molecule has 5 nitrogen and oxygen atoms in total. The fourth-order valence-electron chi connectivity index (χ4n) is 2.97. The molecule has 24 heavy (non-hydrogen) atoms. The minimum Gasteiger partial charge on any atom is -0.347 e. The van der Waals surface area contributed by atoms with E-state index in [0.29, 0.717) is 25.9 Å². The van der Waals surface area contributed by atoms with Crippen LogP contribution in [-0.4, -0.2) is 42.4 Å². The molecule has 0 aliphatic carbocycles. The quantitative estimate of drug-likeness (QED) is 0.861. The predicted octanol–water partition coefficient (Wildman–Crippen LogP) is 1.63. The van der Waals surface area contributed by atoms with E-state index in [1.165, 1.54) is 5.56 Å². The summed E-state index contributed by atoms with van der Waals surface area (Å²) in [5.41, 5.74) is 8.35. The number of rotatable bonds is 5. The Bertz CT molecular complexity index is 581. The highest BCUT2D eigenvalue weighted by Gasteiger charge is 2.35. The van der Waals surface area contributed by atoms with E-state index >= 15 is 0 Å². The summed E-state index contributed by atoms with van der Waals surface area (Å²) in [5, 5.41) is 2.74. The summed E-state index contributed by atoms with van der Waals surface area (Å²) in [7, 11) is 0. The topological polar surface area (TPSA) is 75.4 Å². The molecule has 1 fully saturated rings. The zero-order chi connectivity index (χ0) is 17.7. The first-order valence-corrected chi connectivity index (χ1v) is 8.63. The Morgan fingerprint density at radius 2 is 1.96 bits per heavy atom. The van der Waals surface area contributed by atoms with Gasteiger partial charge < -0.3 is 16.0 Å². The number of nitrogens with one attached hydrogen (secondary N) is 1. The zero-order valence-electron chi connectivity index (χ0n) is 15.0. The third kappa shape index (κ3) is 5.06. The summed E-state index contributed by atoms with van der Waals surface area (Å²) in [4.78, 5) is 26.0. The lowest BCUT2D eigenvalue weighted by atomic mass is 9.79. The maximum absolute atomic E-state index is 12.3. The number of hydrogen-bond acceptors (Lipinski definition) is 3. The van der Waals surface area contributed by atoms with Crippen LogP contribution in [0, 0.1) is 12.3 Å². The van der Waals surface area contributed by atoms with Crippen molar-refractivity contribution in [1.29, 1.82) is 0 Å². The summed E-state index contributed by atoms with van der Waals surface area (Å²) in [6, 6.07) is 8.27. The SMILES string of the molecule is Cc1ccc(CCC(=O)NCC(=O)N2CCC(N)C(C)(C)C2)cc1. The van der Waals surface area contributed by atoms with Gasteiger partial charge in [0, 0.05) is 25.6 Å². The van der Waals surface area contributed by atoms with Crippen molar-refractivity contribution in [3.05, 3.63) is 35.4 Å². The lowest BCUT2D eigenvalue weighted by molar-refractivity contribution is -0.135. The van der Waals surface area contributed by atoms with E-state index in [2.05, 4.69) is 19.2 Å². The van der Waals surface area contributed by atoms with Crippen molar-refractivity contribution in [3.8, 4) is 0 Å². The summed E-state index contributed by atoms with van der Waals surface area (Å²) in [6.07, 6.45) is 1.89. The molecule has 1 heterocycles. The van der Waals surface area contributed by atoms with Gasteiger partial charge in [0.05, 0.1) is 6.54 Å². The second kappa shape index (κ2) is 7.79. The summed E-state index contributed by atoms with van der Waals surface area (Å²) in [6.45, 7) is 7.58. The number of carbonyl (C=O) groups is 2. The average Bonchev–Trinajstić information content (AvgIpc) is 2.54. The van der Waals surface area contributed by atoms with E-state index in [1.807, 2.05) is 36.1 Å². The van der Waals surface area contributed by atoms with E-state index in [9.17, 15) is 9.59 Å². The molecule has 0 saturated carbocycles. The van der Waals surface area contributed by atoms with Crippen LogP contribution in [0.5, 0.6) is 0 Å². The molecule has 1 saturated heterocycles. The van der Waals surface area contributed by atoms with Gasteiger partial charge in [-0.15, -0.1) is 0 Å². The van der Waals surface area contributed by atoms with Crippen LogP contribution in [-0.2, 0) is 16.0 Å². The molecule has 1 aliphatic rings. The Labute approximate surface area is 144 Å². The number of hydrogen-bond donors (Lipinski definition) is 2. The lowest BCUT2D eigenvalue weighted by Crippen LogP contribution is -2.55. The molecule has 0 radical (unpaired) electrons. The van der Waals surface area contributed by atoms with Crippen LogP contribution in [0.25, 0.3) is 0 Å². The van der Waals surface area contributed by atoms with Gasteiger partial charge >= 0.3 is 0 Å². The Morgan fingerprint density at radius 3 is 2.58 bits per heavy atom. The molecule has 0 bridgehead atoms. The van der Waals surface area contributed by atoms with Gasteiger partial charge in [-0.1, -0.05) is 43.7 Å². The molecule has 132 valence electrons. The van der Waals surface area contributed by atoms with E-state index in [-0.39, 0.29) is 29.8 Å². The first-order valence-electron chi connectivity index (χ1n) is 8.63. The molecular formula is C19H29N3O2. The maximum atomic E-state index is 12.3. The van der Waals surface area contributed by atoms with Gasteiger partial charge in [-0.3, -0.25) is 9.59 Å². The highest BCUT2D eigenvalue weighted by Crippen LogP contribution is 2.27. The number of likely N-dealkylation sites (tertiary alicyclic amines) is 1. The number of benzene rings is 1. The Morgan fingerprint density at radius 1 is 1.29 bits per heavy atom. The third-order valence-electron chi connectivity index (χ3n) is 4.86. The van der Waals surface area contributed by atoms with Crippen molar-refractivity contribution in [2.24, 2.45) is 11.1 Å². The highest BCUT2D eigenvalue weighted by atomic mass is 16.2. The molecule has 2 rings (SSSR count). The minimum absolute atomic E-state index is 0.0290. The monoisotopic (exact) mass is 331 g/mol. The van der Waals surface area contributed by atoms with Crippen LogP contribution in [0.2, 0.25) is 0 Å². The number of carbonyl (C=O) groups excluding carboxylic acids is 2. The molecular weight excluding hydrogens is 302 g/mol. The number of piperidine rings is 1. The first kappa shape index (κ1) is 18.5. The van der Waals surface area contributed by atoms with Crippen LogP contribution in [0.1, 0.15) is 37.8 Å². The minimum atomic E-state index is -0.0862. The Hall–Kier alpha value is -1.88. The molecule has 3 N–H and O–H groups in total. The summed E-state index contributed by atoms with van der Waals surface area (Å²) < 4.78 is 0. The number of nitrogens with zero attached hydrogens (tertiary/aromatic N) is 1. The number of aryl methyl sites for hydroxylation is 2. The van der Waals surface area contributed by atoms with Gasteiger partial charge in [0.25, 0.3) is 0 Å². The van der Waals surface area contributed by atoms with Gasteiger partial charge in [0.2, 0.25) is 11.8 Å².